The molecule has 0 saturated carbocycles. The van der Waals surface area contributed by atoms with Crippen molar-refractivity contribution in [3.63, 3.8) is 0 Å². The molecule has 0 radical (unpaired) electrons. The lowest BCUT2D eigenvalue weighted by molar-refractivity contribution is 0.0734. The number of rotatable bonds is 4. The Bertz CT molecular complexity index is 439. The third-order valence-corrected chi connectivity index (χ3v) is 4.41. The first kappa shape index (κ1) is 15.2. The van der Waals surface area contributed by atoms with Crippen molar-refractivity contribution in [2.75, 3.05) is 18.0 Å². The van der Waals surface area contributed by atoms with Crippen molar-refractivity contribution in [2.45, 2.75) is 53.1 Å². The van der Waals surface area contributed by atoms with Crippen LogP contribution in [0.2, 0.25) is 0 Å². The molecular weight excluding hydrogens is 250 g/mol. The normalized spacial score (nSPS) is 18.6. The van der Waals surface area contributed by atoms with Crippen LogP contribution < -0.4 is 4.90 Å². The molecule has 0 spiro atoms. The van der Waals surface area contributed by atoms with Crippen LogP contribution in [-0.4, -0.2) is 34.3 Å². The molecule has 1 aromatic rings. The molecule has 0 amide bonds. The van der Waals surface area contributed by atoms with E-state index in [9.17, 15) is 5.11 Å². The topological polar surface area (TPSA) is 49.2 Å². The van der Waals surface area contributed by atoms with Crippen LogP contribution in [0.25, 0.3) is 0 Å². The SMILES string of the molecule is Cc1ncnc(N2CCC([C@@H](O)CC(C)C)CC2)c1C. The first-order valence-electron chi connectivity index (χ1n) is 7.70. The van der Waals surface area contributed by atoms with Crippen LogP contribution in [0, 0.1) is 25.7 Å². The minimum absolute atomic E-state index is 0.148. The van der Waals surface area contributed by atoms with E-state index in [0.29, 0.717) is 11.8 Å². The first-order chi connectivity index (χ1) is 9.49. The smallest absolute Gasteiger partial charge is 0.135 e. The summed E-state index contributed by atoms with van der Waals surface area (Å²) in [5.41, 5.74) is 2.23. The summed E-state index contributed by atoms with van der Waals surface area (Å²) in [6.45, 7) is 10.4. The average Bonchev–Trinajstić information content (AvgIpc) is 2.41. The molecule has 1 aromatic heterocycles. The number of aryl methyl sites for hydroxylation is 1. The molecule has 4 nitrogen and oxygen atoms in total. The molecule has 1 aliphatic heterocycles. The molecule has 20 heavy (non-hydrogen) atoms. The van der Waals surface area contributed by atoms with E-state index in [1.165, 1.54) is 5.56 Å². The third kappa shape index (κ3) is 3.48. The molecule has 0 aliphatic carbocycles. The van der Waals surface area contributed by atoms with Crippen LogP contribution in [0.3, 0.4) is 0 Å². The van der Waals surface area contributed by atoms with E-state index in [-0.39, 0.29) is 6.10 Å². The van der Waals surface area contributed by atoms with Gasteiger partial charge in [0.15, 0.2) is 0 Å². The molecule has 112 valence electrons. The van der Waals surface area contributed by atoms with Crippen molar-refractivity contribution in [3.8, 4) is 0 Å². The van der Waals surface area contributed by atoms with Crippen LogP contribution in [-0.2, 0) is 0 Å². The lowest BCUT2D eigenvalue weighted by atomic mass is 9.87. The average molecular weight is 277 g/mol. The number of aliphatic hydroxyl groups excluding tert-OH is 1. The van der Waals surface area contributed by atoms with Gasteiger partial charge in [0, 0.05) is 24.3 Å². The Morgan fingerprint density at radius 2 is 1.90 bits per heavy atom. The Balaban J connectivity index is 1.96. The lowest BCUT2D eigenvalue weighted by Gasteiger charge is -2.36. The van der Waals surface area contributed by atoms with Crippen molar-refractivity contribution >= 4 is 5.82 Å². The van der Waals surface area contributed by atoms with E-state index in [2.05, 4.69) is 35.6 Å². The van der Waals surface area contributed by atoms with E-state index >= 15 is 0 Å². The fourth-order valence-corrected chi connectivity index (χ4v) is 3.02. The summed E-state index contributed by atoms with van der Waals surface area (Å²) >= 11 is 0. The molecule has 1 fully saturated rings. The molecule has 4 heteroatoms. The van der Waals surface area contributed by atoms with Gasteiger partial charge in [0.1, 0.15) is 12.1 Å². The molecule has 1 N–H and O–H groups in total. The fraction of sp³-hybridized carbons (Fsp3) is 0.750. The maximum absolute atomic E-state index is 10.3. The van der Waals surface area contributed by atoms with E-state index < -0.39 is 0 Å². The quantitative estimate of drug-likeness (QED) is 0.919. The highest BCUT2D eigenvalue weighted by Crippen LogP contribution is 2.28. The molecule has 1 aliphatic rings. The van der Waals surface area contributed by atoms with Crippen molar-refractivity contribution in [2.24, 2.45) is 11.8 Å². The predicted octanol–water partition coefficient (Wildman–Crippen LogP) is 2.72. The molecule has 1 atom stereocenters. The minimum atomic E-state index is -0.148. The Labute approximate surface area is 122 Å². The highest BCUT2D eigenvalue weighted by molar-refractivity contribution is 5.47. The number of aromatic nitrogens is 2. The van der Waals surface area contributed by atoms with Gasteiger partial charge in [-0.25, -0.2) is 9.97 Å². The number of nitrogens with zero attached hydrogens (tertiary/aromatic N) is 3. The molecular formula is C16H27N3O. The third-order valence-electron chi connectivity index (χ3n) is 4.41. The van der Waals surface area contributed by atoms with Crippen molar-refractivity contribution in [3.05, 3.63) is 17.6 Å². The van der Waals surface area contributed by atoms with Gasteiger partial charge in [-0.1, -0.05) is 13.8 Å². The first-order valence-corrected chi connectivity index (χ1v) is 7.70. The van der Waals surface area contributed by atoms with Gasteiger partial charge in [-0.15, -0.1) is 0 Å². The second-order valence-electron chi connectivity index (χ2n) is 6.43. The number of aliphatic hydroxyl groups is 1. The fourth-order valence-electron chi connectivity index (χ4n) is 3.02. The van der Waals surface area contributed by atoms with Gasteiger partial charge >= 0.3 is 0 Å². The zero-order chi connectivity index (χ0) is 14.7. The Kier molecular flexibility index (Phi) is 4.97. The van der Waals surface area contributed by atoms with E-state index in [1.807, 2.05) is 6.92 Å². The van der Waals surface area contributed by atoms with E-state index in [0.717, 1.165) is 43.9 Å². The van der Waals surface area contributed by atoms with Crippen LogP contribution in [0.1, 0.15) is 44.4 Å². The molecule has 1 saturated heterocycles. The zero-order valence-electron chi connectivity index (χ0n) is 13.1. The van der Waals surface area contributed by atoms with Crippen LogP contribution >= 0.6 is 0 Å². The van der Waals surface area contributed by atoms with Crippen molar-refractivity contribution in [1.29, 1.82) is 0 Å². The number of hydrogen-bond donors (Lipinski definition) is 1. The van der Waals surface area contributed by atoms with Gasteiger partial charge in [0.05, 0.1) is 6.10 Å². The lowest BCUT2D eigenvalue weighted by Crippen LogP contribution is -2.39. The highest BCUT2D eigenvalue weighted by Gasteiger charge is 2.26. The van der Waals surface area contributed by atoms with Gasteiger partial charge < -0.3 is 10.0 Å². The standard InChI is InChI=1S/C16H27N3O/c1-11(2)9-15(20)14-5-7-19(8-6-14)16-12(3)13(4)17-10-18-16/h10-11,14-15,20H,5-9H2,1-4H3/t15-/m0/s1. The monoisotopic (exact) mass is 277 g/mol. The largest absolute Gasteiger partial charge is 0.393 e. The Morgan fingerprint density at radius 1 is 1.25 bits per heavy atom. The van der Waals surface area contributed by atoms with Crippen LogP contribution in [0.5, 0.6) is 0 Å². The summed E-state index contributed by atoms with van der Waals surface area (Å²) in [5, 5.41) is 10.3. The summed E-state index contributed by atoms with van der Waals surface area (Å²) in [5.74, 6) is 2.07. The van der Waals surface area contributed by atoms with Gasteiger partial charge in [0.2, 0.25) is 0 Å². The minimum Gasteiger partial charge on any atom is -0.393 e. The number of anilines is 1. The molecule has 0 aromatic carbocycles. The predicted molar refractivity (Wildman–Crippen MR) is 81.9 cm³/mol. The van der Waals surface area contributed by atoms with Gasteiger partial charge in [-0.3, -0.25) is 0 Å². The van der Waals surface area contributed by atoms with Gasteiger partial charge in [0.25, 0.3) is 0 Å². The van der Waals surface area contributed by atoms with Crippen LogP contribution in [0.4, 0.5) is 5.82 Å². The zero-order valence-corrected chi connectivity index (χ0v) is 13.1. The van der Waals surface area contributed by atoms with Gasteiger partial charge in [-0.2, -0.15) is 0 Å². The van der Waals surface area contributed by atoms with E-state index in [4.69, 9.17) is 0 Å². The number of piperidine rings is 1. The van der Waals surface area contributed by atoms with Crippen molar-refractivity contribution in [1.82, 2.24) is 9.97 Å². The Morgan fingerprint density at radius 3 is 2.50 bits per heavy atom. The summed E-state index contributed by atoms with van der Waals surface area (Å²) < 4.78 is 0. The second-order valence-corrected chi connectivity index (χ2v) is 6.43. The maximum Gasteiger partial charge on any atom is 0.135 e. The maximum atomic E-state index is 10.3. The number of hydrogen-bond acceptors (Lipinski definition) is 4. The van der Waals surface area contributed by atoms with Crippen LogP contribution in [0.15, 0.2) is 6.33 Å². The summed E-state index contributed by atoms with van der Waals surface area (Å²) in [7, 11) is 0. The second kappa shape index (κ2) is 6.53. The molecule has 2 rings (SSSR count). The highest BCUT2D eigenvalue weighted by atomic mass is 16.3. The summed E-state index contributed by atoms with van der Waals surface area (Å²) in [6, 6.07) is 0. The van der Waals surface area contributed by atoms with Gasteiger partial charge in [-0.05, 0) is 44.9 Å². The molecule has 2 heterocycles. The summed E-state index contributed by atoms with van der Waals surface area (Å²) in [6.07, 6.45) is 4.52. The summed E-state index contributed by atoms with van der Waals surface area (Å²) in [4.78, 5) is 11.0. The molecule has 0 unspecified atom stereocenters. The Hall–Kier alpha value is -1.16. The van der Waals surface area contributed by atoms with Crippen molar-refractivity contribution < 1.29 is 5.11 Å². The molecule has 0 bridgehead atoms. The van der Waals surface area contributed by atoms with E-state index in [1.54, 1.807) is 6.33 Å².